The molecule has 3 nitrogen and oxygen atoms in total. The zero-order valence-corrected chi connectivity index (χ0v) is 7.92. The smallest absolute Gasteiger partial charge is 0.307 e. The van der Waals surface area contributed by atoms with Gasteiger partial charge in [0.15, 0.2) is 0 Å². The summed E-state index contributed by atoms with van der Waals surface area (Å²) in [4.78, 5) is 10.4. The van der Waals surface area contributed by atoms with Crippen LogP contribution in [0.15, 0.2) is 11.6 Å². The maximum Gasteiger partial charge on any atom is 0.307 e. The molecule has 1 unspecified atom stereocenters. The van der Waals surface area contributed by atoms with Crippen LogP contribution in [0.1, 0.15) is 20.8 Å². The zero-order valence-electron chi connectivity index (χ0n) is 7.92. The highest BCUT2D eigenvalue weighted by molar-refractivity contribution is 5.69. The van der Waals surface area contributed by atoms with Gasteiger partial charge in [-0.2, -0.15) is 0 Å². The van der Waals surface area contributed by atoms with Gasteiger partial charge in [0.1, 0.15) is 0 Å². The van der Waals surface area contributed by atoms with Gasteiger partial charge in [0.05, 0.1) is 5.92 Å². The molecule has 0 aromatic heterocycles. The van der Waals surface area contributed by atoms with Crippen LogP contribution in [-0.4, -0.2) is 24.2 Å². The molecule has 0 aliphatic carbocycles. The molecule has 1 atom stereocenters. The average molecular weight is 171 g/mol. The van der Waals surface area contributed by atoms with E-state index in [2.05, 4.69) is 5.32 Å². The van der Waals surface area contributed by atoms with Gasteiger partial charge in [-0.05, 0) is 13.8 Å². The van der Waals surface area contributed by atoms with Gasteiger partial charge >= 0.3 is 5.97 Å². The Labute approximate surface area is 73.5 Å². The standard InChI is InChI=1S/C9H17NO2/c1-7(2)4-5-10-6-8(3)9(11)12/h4,8,10H,5-6H2,1-3H3,(H,11,12). The lowest BCUT2D eigenvalue weighted by Crippen LogP contribution is -2.26. The lowest BCUT2D eigenvalue weighted by molar-refractivity contribution is -0.140. The molecule has 0 aromatic carbocycles. The number of carbonyl (C=O) groups is 1. The quantitative estimate of drug-likeness (QED) is 0.483. The van der Waals surface area contributed by atoms with Crippen molar-refractivity contribution < 1.29 is 9.90 Å². The molecule has 0 bridgehead atoms. The summed E-state index contributed by atoms with van der Waals surface area (Å²) < 4.78 is 0. The van der Waals surface area contributed by atoms with E-state index in [1.807, 2.05) is 19.9 Å². The summed E-state index contributed by atoms with van der Waals surface area (Å²) in [6, 6.07) is 0. The number of carboxylic acid groups (broad SMARTS) is 1. The molecule has 12 heavy (non-hydrogen) atoms. The van der Waals surface area contributed by atoms with Crippen molar-refractivity contribution in [1.29, 1.82) is 0 Å². The van der Waals surface area contributed by atoms with Gasteiger partial charge in [0.2, 0.25) is 0 Å². The van der Waals surface area contributed by atoms with Crippen molar-refractivity contribution in [3.63, 3.8) is 0 Å². The van der Waals surface area contributed by atoms with Crippen molar-refractivity contribution in [1.82, 2.24) is 5.32 Å². The van der Waals surface area contributed by atoms with E-state index in [0.717, 1.165) is 6.54 Å². The fourth-order valence-electron chi connectivity index (χ4n) is 0.663. The Morgan fingerprint density at radius 3 is 2.58 bits per heavy atom. The summed E-state index contributed by atoms with van der Waals surface area (Å²) in [6.45, 7) is 7.00. The Balaban J connectivity index is 3.44. The molecule has 0 amide bonds. The molecular weight excluding hydrogens is 154 g/mol. The molecule has 2 N–H and O–H groups in total. The topological polar surface area (TPSA) is 49.3 Å². The van der Waals surface area contributed by atoms with Crippen LogP contribution >= 0.6 is 0 Å². The lowest BCUT2D eigenvalue weighted by Gasteiger charge is -2.05. The zero-order chi connectivity index (χ0) is 9.56. The summed E-state index contributed by atoms with van der Waals surface area (Å²) in [5.74, 6) is -1.06. The monoisotopic (exact) mass is 171 g/mol. The van der Waals surface area contributed by atoms with E-state index in [9.17, 15) is 4.79 Å². The highest BCUT2D eigenvalue weighted by Crippen LogP contribution is 1.91. The van der Waals surface area contributed by atoms with Gasteiger partial charge in [-0.15, -0.1) is 0 Å². The van der Waals surface area contributed by atoms with Crippen molar-refractivity contribution in [3.05, 3.63) is 11.6 Å². The Bertz CT molecular complexity index is 171. The Morgan fingerprint density at radius 1 is 1.58 bits per heavy atom. The van der Waals surface area contributed by atoms with E-state index in [-0.39, 0.29) is 5.92 Å². The van der Waals surface area contributed by atoms with Gasteiger partial charge in [-0.1, -0.05) is 18.6 Å². The van der Waals surface area contributed by atoms with E-state index < -0.39 is 5.97 Å². The van der Waals surface area contributed by atoms with Crippen molar-refractivity contribution in [3.8, 4) is 0 Å². The Kier molecular flexibility index (Phi) is 5.37. The molecule has 0 aliphatic heterocycles. The predicted octanol–water partition coefficient (Wildman–Crippen LogP) is 1.26. The summed E-state index contributed by atoms with van der Waals surface area (Å²) in [6.07, 6.45) is 2.04. The maximum atomic E-state index is 10.4. The second kappa shape index (κ2) is 5.77. The minimum absolute atomic E-state index is 0.310. The van der Waals surface area contributed by atoms with Crippen LogP contribution in [-0.2, 0) is 4.79 Å². The summed E-state index contributed by atoms with van der Waals surface area (Å²) >= 11 is 0. The number of hydrogen-bond acceptors (Lipinski definition) is 2. The third-order valence-electron chi connectivity index (χ3n) is 1.53. The molecule has 0 rings (SSSR count). The van der Waals surface area contributed by atoms with Gasteiger partial charge < -0.3 is 10.4 Å². The number of rotatable bonds is 5. The molecule has 0 spiro atoms. The van der Waals surface area contributed by atoms with Crippen molar-refractivity contribution in [2.45, 2.75) is 20.8 Å². The summed E-state index contributed by atoms with van der Waals surface area (Å²) in [5, 5.41) is 11.6. The highest BCUT2D eigenvalue weighted by atomic mass is 16.4. The van der Waals surface area contributed by atoms with Crippen LogP contribution in [0.5, 0.6) is 0 Å². The summed E-state index contributed by atoms with van der Waals surface area (Å²) in [5.41, 5.74) is 1.24. The largest absolute Gasteiger partial charge is 0.481 e. The molecular formula is C9H17NO2. The molecule has 0 aromatic rings. The number of carboxylic acids is 1. The second-order valence-corrected chi connectivity index (χ2v) is 3.18. The van der Waals surface area contributed by atoms with Crippen LogP contribution in [0.2, 0.25) is 0 Å². The molecule has 3 heteroatoms. The number of aliphatic carboxylic acids is 1. The van der Waals surface area contributed by atoms with Crippen LogP contribution in [0.4, 0.5) is 0 Å². The van der Waals surface area contributed by atoms with E-state index >= 15 is 0 Å². The van der Waals surface area contributed by atoms with Crippen LogP contribution < -0.4 is 5.32 Å². The highest BCUT2D eigenvalue weighted by Gasteiger charge is 2.08. The molecule has 0 fully saturated rings. The van der Waals surface area contributed by atoms with Gasteiger partial charge in [0, 0.05) is 13.1 Å². The van der Waals surface area contributed by atoms with Gasteiger partial charge in [-0.3, -0.25) is 4.79 Å². The van der Waals surface area contributed by atoms with Crippen molar-refractivity contribution in [2.75, 3.05) is 13.1 Å². The predicted molar refractivity (Wildman–Crippen MR) is 49.1 cm³/mol. The second-order valence-electron chi connectivity index (χ2n) is 3.18. The number of allylic oxidation sites excluding steroid dienone is 1. The third-order valence-corrected chi connectivity index (χ3v) is 1.53. The van der Waals surface area contributed by atoms with Crippen molar-refractivity contribution >= 4 is 5.97 Å². The molecule has 70 valence electrons. The molecule has 0 saturated carbocycles. The molecule has 0 saturated heterocycles. The normalized spacial score (nSPS) is 12.2. The number of nitrogens with one attached hydrogen (secondary N) is 1. The molecule has 0 radical (unpaired) electrons. The minimum atomic E-state index is -0.750. The molecule has 0 aliphatic rings. The first-order valence-electron chi connectivity index (χ1n) is 4.11. The number of hydrogen-bond donors (Lipinski definition) is 2. The van der Waals surface area contributed by atoms with Crippen molar-refractivity contribution in [2.24, 2.45) is 5.92 Å². The Hall–Kier alpha value is -0.830. The van der Waals surface area contributed by atoms with E-state index in [4.69, 9.17) is 5.11 Å². The van der Waals surface area contributed by atoms with E-state index in [1.165, 1.54) is 5.57 Å². The molecule has 0 heterocycles. The third kappa shape index (κ3) is 5.92. The van der Waals surface area contributed by atoms with Gasteiger partial charge in [-0.25, -0.2) is 0 Å². The minimum Gasteiger partial charge on any atom is -0.481 e. The lowest BCUT2D eigenvalue weighted by atomic mass is 10.2. The van der Waals surface area contributed by atoms with E-state index in [0.29, 0.717) is 6.54 Å². The average Bonchev–Trinajstić information content (AvgIpc) is 1.97. The van der Waals surface area contributed by atoms with Crippen LogP contribution in [0, 0.1) is 5.92 Å². The summed E-state index contributed by atoms with van der Waals surface area (Å²) in [7, 11) is 0. The van der Waals surface area contributed by atoms with E-state index in [1.54, 1.807) is 6.92 Å². The van der Waals surface area contributed by atoms with Gasteiger partial charge in [0.25, 0.3) is 0 Å². The first-order valence-corrected chi connectivity index (χ1v) is 4.11. The van der Waals surface area contributed by atoms with Crippen LogP contribution in [0.3, 0.4) is 0 Å². The fraction of sp³-hybridized carbons (Fsp3) is 0.667. The SMILES string of the molecule is CC(C)=CCNCC(C)C(=O)O. The van der Waals surface area contributed by atoms with Crippen LogP contribution in [0.25, 0.3) is 0 Å². The maximum absolute atomic E-state index is 10.4. The first kappa shape index (κ1) is 11.2. The fourth-order valence-corrected chi connectivity index (χ4v) is 0.663. The first-order chi connectivity index (χ1) is 5.54. The Morgan fingerprint density at radius 2 is 2.17 bits per heavy atom.